The molecular formula is C24H25N3O3. The van der Waals surface area contributed by atoms with Gasteiger partial charge in [0.15, 0.2) is 0 Å². The summed E-state index contributed by atoms with van der Waals surface area (Å²) in [5.41, 5.74) is 4.19. The number of aryl methyl sites for hydroxylation is 1. The number of benzene rings is 2. The van der Waals surface area contributed by atoms with Crippen LogP contribution in [0.1, 0.15) is 35.2 Å². The molecule has 1 aliphatic heterocycles. The first kappa shape index (κ1) is 19.9. The maximum absolute atomic E-state index is 13.4. The summed E-state index contributed by atoms with van der Waals surface area (Å²) in [5.74, 6) is -0.693. The molecule has 1 aromatic heterocycles. The zero-order valence-electron chi connectivity index (χ0n) is 17.0. The Bertz CT molecular complexity index is 1030. The summed E-state index contributed by atoms with van der Waals surface area (Å²) in [6, 6.07) is 17.7. The summed E-state index contributed by atoms with van der Waals surface area (Å²) in [5, 5.41) is 13.8. The highest BCUT2D eigenvalue weighted by molar-refractivity contribution is 6.00. The highest BCUT2D eigenvalue weighted by Gasteiger charge is 2.28. The standard InChI is InChI=1S/C24H25N3O3/c1-17-7-9-20(10-8-17)27-16-21(23(25-27)19-5-3-2-4-6-19)24(30)26-13-11-18(12-14-26)15-22(28)29/h2-10,16,18H,11-15H2,1H3,(H,28,29). The van der Waals surface area contributed by atoms with Crippen LogP contribution < -0.4 is 0 Å². The van der Waals surface area contributed by atoms with Gasteiger partial charge in [0, 0.05) is 31.3 Å². The normalized spacial score (nSPS) is 14.6. The van der Waals surface area contributed by atoms with E-state index in [1.54, 1.807) is 10.9 Å². The molecule has 1 aliphatic rings. The Morgan fingerprint density at radius 3 is 2.33 bits per heavy atom. The number of carboxylic acids is 1. The van der Waals surface area contributed by atoms with Crippen molar-refractivity contribution in [2.75, 3.05) is 13.1 Å². The monoisotopic (exact) mass is 403 g/mol. The summed E-state index contributed by atoms with van der Waals surface area (Å²) in [4.78, 5) is 26.2. The quantitative estimate of drug-likeness (QED) is 0.694. The molecule has 1 fully saturated rings. The Morgan fingerprint density at radius 1 is 1.03 bits per heavy atom. The number of likely N-dealkylation sites (tertiary alicyclic amines) is 1. The van der Waals surface area contributed by atoms with Crippen LogP contribution in [0.25, 0.3) is 16.9 Å². The molecule has 0 spiro atoms. The van der Waals surface area contributed by atoms with Gasteiger partial charge in [0.05, 0.1) is 11.3 Å². The number of nitrogens with zero attached hydrogens (tertiary/aromatic N) is 3. The third-order valence-electron chi connectivity index (χ3n) is 5.66. The molecule has 154 valence electrons. The van der Waals surface area contributed by atoms with E-state index in [-0.39, 0.29) is 18.2 Å². The van der Waals surface area contributed by atoms with E-state index in [4.69, 9.17) is 10.2 Å². The number of amides is 1. The van der Waals surface area contributed by atoms with Gasteiger partial charge < -0.3 is 10.0 Å². The Hall–Kier alpha value is -3.41. The fourth-order valence-electron chi connectivity index (χ4n) is 3.93. The molecule has 0 saturated carbocycles. The number of rotatable bonds is 5. The van der Waals surface area contributed by atoms with Crippen LogP contribution >= 0.6 is 0 Å². The number of carboxylic acid groups (broad SMARTS) is 1. The van der Waals surface area contributed by atoms with Crippen molar-refractivity contribution in [3.8, 4) is 16.9 Å². The lowest BCUT2D eigenvalue weighted by Crippen LogP contribution is -2.39. The van der Waals surface area contributed by atoms with Crippen molar-refractivity contribution >= 4 is 11.9 Å². The molecule has 6 nitrogen and oxygen atoms in total. The third kappa shape index (κ3) is 4.27. The lowest BCUT2D eigenvalue weighted by molar-refractivity contribution is -0.138. The van der Waals surface area contributed by atoms with Gasteiger partial charge in [-0.05, 0) is 37.8 Å². The number of hydrogen-bond donors (Lipinski definition) is 1. The van der Waals surface area contributed by atoms with Crippen molar-refractivity contribution in [3.05, 3.63) is 71.9 Å². The number of aliphatic carboxylic acids is 1. The number of carbonyl (C=O) groups is 2. The van der Waals surface area contributed by atoms with Gasteiger partial charge in [-0.1, -0.05) is 48.0 Å². The minimum Gasteiger partial charge on any atom is -0.481 e. The average molecular weight is 403 g/mol. The van der Waals surface area contributed by atoms with E-state index in [1.807, 2.05) is 66.4 Å². The molecule has 1 N–H and O–H groups in total. The van der Waals surface area contributed by atoms with E-state index < -0.39 is 5.97 Å². The predicted octanol–water partition coefficient (Wildman–Crippen LogP) is 4.17. The first-order valence-electron chi connectivity index (χ1n) is 10.2. The molecule has 0 unspecified atom stereocenters. The highest BCUT2D eigenvalue weighted by Crippen LogP contribution is 2.27. The number of aromatic nitrogens is 2. The maximum atomic E-state index is 13.4. The van der Waals surface area contributed by atoms with Crippen LogP contribution in [0, 0.1) is 12.8 Å². The van der Waals surface area contributed by atoms with Crippen molar-refractivity contribution in [2.45, 2.75) is 26.2 Å². The van der Waals surface area contributed by atoms with Crippen molar-refractivity contribution in [3.63, 3.8) is 0 Å². The first-order valence-corrected chi connectivity index (χ1v) is 10.2. The van der Waals surface area contributed by atoms with Gasteiger partial charge in [0.1, 0.15) is 5.69 Å². The van der Waals surface area contributed by atoms with Crippen LogP contribution in [0.2, 0.25) is 0 Å². The van der Waals surface area contributed by atoms with E-state index >= 15 is 0 Å². The maximum Gasteiger partial charge on any atom is 0.303 e. The van der Waals surface area contributed by atoms with Gasteiger partial charge in [-0.15, -0.1) is 0 Å². The van der Waals surface area contributed by atoms with E-state index in [0.717, 1.165) is 16.8 Å². The Kier molecular flexibility index (Phi) is 5.65. The molecule has 0 radical (unpaired) electrons. The molecule has 3 aromatic rings. The van der Waals surface area contributed by atoms with Crippen LogP contribution in [-0.2, 0) is 4.79 Å². The van der Waals surface area contributed by atoms with E-state index in [0.29, 0.717) is 37.2 Å². The van der Waals surface area contributed by atoms with E-state index in [9.17, 15) is 9.59 Å². The fourth-order valence-corrected chi connectivity index (χ4v) is 3.93. The first-order chi connectivity index (χ1) is 14.5. The SMILES string of the molecule is Cc1ccc(-n2cc(C(=O)N3CCC(CC(=O)O)CC3)c(-c3ccccc3)n2)cc1. The minimum absolute atomic E-state index is 0.0546. The predicted molar refractivity (Wildman–Crippen MR) is 115 cm³/mol. The summed E-state index contributed by atoms with van der Waals surface area (Å²) in [6.45, 7) is 3.17. The van der Waals surface area contributed by atoms with Gasteiger partial charge in [0.25, 0.3) is 5.91 Å². The lowest BCUT2D eigenvalue weighted by atomic mass is 9.93. The topological polar surface area (TPSA) is 75.4 Å². The van der Waals surface area contributed by atoms with Crippen LogP contribution in [0.15, 0.2) is 60.8 Å². The summed E-state index contributed by atoms with van der Waals surface area (Å²) in [6.07, 6.45) is 3.40. The van der Waals surface area contributed by atoms with Gasteiger partial charge in [-0.25, -0.2) is 4.68 Å². The van der Waals surface area contributed by atoms with Gasteiger partial charge in [0.2, 0.25) is 0 Å². The van der Waals surface area contributed by atoms with E-state index in [1.165, 1.54) is 0 Å². The van der Waals surface area contributed by atoms with Crippen molar-refractivity contribution in [1.29, 1.82) is 0 Å². The third-order valence-corrected chi connectivity index (χ3v) is 5.66. The Balaban J connectivity index is 1.63. The molecule has 2 heterocycles. The molecule has 0 aliphatic carbocycles. The minimum atomic E-state index is -0.773. The second-order valence-electron chi connectivity index (χ2n) is 7.87. The molecule has 4 rings (SSSR count). The van der Waals surface area contributed by atoms with Crippen LogP contribution in [0.5, 0.6) is 0 Å². The lowest BCUT2D eigenvalue weighted by Gasteiger charge is -2.31. The average Bonchev–Trinajstić information content (AvgIpc) is 3.20. The second kappa shape index (κ2) is 8.53. The molecule has 2 aromatic carbocycles. The number of carbonyl (C=O) groups excluding carboxylic acids is 1. The Labute approximate surface area is 175 Å². The molecular weight excluding hydrogens is 378 g/mol. The second-order valence-corrected chi connectivity index (χ2v) is 7.87. The molecule has 0 atom stereocenters. The van der Waals surface area contributed by atoms with Crippen molar-refractivity contribution < 1.29 is 14.7 Å². The van der Waals surface area contributed by atoms with E-state index in [2.05, 4.69) is 0 Å². The summed E-state index contributed by atoms with van der Waals surface area (Å²) in [7, 11) is 0. The number of hydrogen-bond acceptors (Lipinski definition) is 3. The molecule has 6 heteroatoms. The molecule has 30 heavy (non-hydrogen) atoms. The fraction of sp³-hybridized carbons (Fsp3) is 0.292. The smallest absolute Gasteiger partial charge is 0.303 e. The zero-order valence-corrected chi connectivity index (χ0v) is 17.0. The van der Waals surface area contributed by atoms with Gasteiger partial charge >= 0.3 is 5.97 Å². The molecule has 1 amide bonds. The van der Waals surface area contributed by atoms with Crippen LogP contribution in [0.4, 0.5) is 0 Å². The summed E-state index contributed by atoms with van der Waals surface area (Å²) >= 11 is 0. The van der Waals surface area contributed by atoms with Gasteiger partial charge in [-0.3, -0.25) is 9.59 Å². The van der Waals surface area contributed by atoms with Crippen LogP contribution in [-0.4, -0.2) is 44.8 Å². The highest BCUT2D eigenvalue weighted by atomic mass is 16.4. The van der Waals surface area contributed by atoms with Gasteiger partial charge in [-0.2, -0.15) is 5.10 Å². The zero-order chi connectivity index (χ0) is 21.1. The molecule has 1 saturated heterocycles. The largest absolute Gasteiger partial charge is 0.481 e. The van der Waals surface area contributed by atoms with Crippen LogP contribution in [0.3, 0.4) is 0 Å². The van der Waals surface area contributed by atoms with Crippen molar-refractivity contribution in [1.82, 2.24) is 14.7 Å². The number of piperidine rings is 1. The Morgan fingerprint density at radius 2 is 1.70 bits per heavy atom. The molecule has 0 bridgehead atoms. The van der Waals surface area contributed by atoms with Crippen molar-refractivity contribution in [2.24, 2.45) is 5.92 Å². The summed E-state index contributed by atoms with van der Waals surface area (Å²) < 4.78 is 1.76.